The van der Waals surface area contributed by atoms with Gasteiger partial charge in [0.05, 0.1) is 12.7 Å². The average molecular weight is 423 g/mol. The highest BCUT2D eigenvalue weighted by Gasteiger charge is 2.36. The largest absolute Gasteiger partial charge is 0.496 e. The normalized spacial score (nSPS) is 20.5. The Bertz CT molecular complexity index is 913. The third kappa shape index (κ3) is 5.01. The molecule has 2 atom stereocenters. The minimum absolute atomic E-state index is 0.0201. The van der Waals surface area contributed by atoms with E-state index in [4.69, 9.17) is 9.47 Å². The van der Waals surface area contributed by atoms with Crippen molar-refractivity contribution in [1.82, 2.24) is 4.90 Å². The molecule has 1 aliphatic heterocycles. The minimum Gasteiger partial charge on any atom is -0.496 e. The summed E-state index contributed by atoms with van der Waals surface area (Å²) in [5.41, 5.74) is 1.98. The molecule has 4 rings (SSSR count). The summed E-state index contributed by atoms with van der Waals surface area (Å²) >= 11 is 0. The van der Waals surface area contributed by atoms with Gasteiger partial charge in [-0.1, -0.05) is 43.2 Å². The molecule has 2 aliphatic rings. The molecule has 0 radical (unpaired) electrons. The Morgan fingerprint density at radius 3 is 2.61 bits per heavy atom. The van der Waals surface area contributed by atoms with Crippen LogP contribution in [0.25, 0.3) is 0 Å². The average Bonchev–Trinajstić information content (AvgIpc) is 2.82. The van der Waals surface area contributed by atoms with Gasteiger partial charge in [-0.25, -0.2) is 4.79 Å². The zero-order valence-electron chi connectivity index (χ0n) is 18.0. The van der Waals surface area contributed by atoms with E-state index < -0.39 is 6.09 Å². The third-order valence-corrected chi connectivity index (χ3v) is 6.40. The van der Waals surface area contributed by atoms with Crippen LogP contribution in [0.5, 0.6) is 5.75 Å². The number of likely N-dealkylation sites (tertiary alicyclic amines) is 1. The molecular formula is C25H30N2O4. The molecule has 6 nitrogen and oxygen atoms in total. The number of carbonyl (C=O) groups excluding carboxylic acids is 2. The Morgan fingerprint density at radius 2 is 1.81 bits per heavy atom. The molecule has 1 unspecified atom stereocenters. The molecule has 2 aromatic carbocycles. The Morgan fingerprint density at radius 1 is 1.03 bits per heavy atom. The third-order valence-electron chi connectivity index (χ3n) is 6.40. The van der Waals surface area contributed by atoms with E-state index in [0.29, 0.717) is 29.0 Å². The van der Waals surface area contributed by atoms with Crippen LogP contribution in [-0.4, -0.2) is 36.6 Å². The highest BCUT2D eigenvalue weighted by molar-refractivity contribution is 5.98. The number of nitrogens with one attached hydrogen (secondary N) is 1. The summed E-state index contributed by atoms with van der Waals surface area (Å²) in [4.78, 5) is 27.6. The van der Waals surface area contributed by atoms with Gasteiger partial charge in [0.15, 0.2) is 0 Å². The first-order valence-electron chi connectivity index (χ1n) is 11.1. The van der Waals surface area contributed by atoms with Crippen LogP contribution in [0.2, 0.25) is 0 Å². The lowest BCUT2D eigenvalue weighted by Gasteiger charge is -2.44. The molecule has 164 valence electrons. The summed E-state index contributed by atoms with van der Waals surface area (Å²) in [6.07, 6.45) is 6.50. The van der Waals surface area contributed by atoms with E-state index in [1.807, 2.05) is 35.2 Å². The standard InChI is InChI=1S/C25H30N2O4/c1-30-23-16-20(26-25(29)31-17-18-8-3-2-4-9-18)13-14-21(23)24(28)27-15-7-11-19-10-5-6-12-22(19)27/h2-4,8-9,13-14,16,19,22H,5-7,10-12,15,17H2,1H3,(H,26,29)/t19?,22-/m1/s1. The van der Waals surface area contributed by atoms with Crippen molar-refractivity contribution in [3.63, 3.8) is 0 Å². The number of anilines is 1. The second-order valence-electron chi connectivity index (χ2n) is 8.35. The van der Waals surface area contributed by atoms with Gasteiger partial charge in [-0.2, -0.15) is 0 Å². The summed E-state index contributed by atoms with van der Waals surface area (Å²) < 4.78 is 10.8. The van der Waals surface area contributed by atoms with Gasteiger partial charge in [0.2, 0.25) is 0 Å². The topological polar surface area (TPSA) is 67.9 Å². The van der Waals surface area contributed by atoms with Crippen LogP contribution in [0.1, 0.15) is 54.4 Å². The molecule has 0 aromatic heterocycles. The zero-order chi connectivity index (χ0) is 21.6. The predicted molar refractivity (Wildman–Crippen MR) is 119 cm³/mol. The molecule has 6 heteroatoms. The van der Waals surface area contributed by atoms with Gasteiger partial charge in [0, 0.05) is 24.3 Å². The highest BCUT2D eigenvalue weighted by Crippen LogP contribution is 2.37. The quantitative estimate of drug-likeness (QED) is 0.716. The van der Waals surface area contributed by atoms with Gasteiger partial charge in [0.25, 0.3) is 5.91 Å². The minimum atomic E-state index is -0.550. The van der Waals surface area contributed by atoms with Gasteiger partial charge in [-0.05, 0) is 49.3 Å². The molecule has 1 saturated heterocycles. The number of amides is 2. The number of piperidine rings is 1. The van der Waals surface area contributed by atoms with Crippen molar-refractivity contribution < 1.29 is 19.1 Å². The van der Waals surface area contributed by atoms with E-state index in [1.54, 1.807) is 25.3 Å². The molecule has 0 spiro atoms. The fourth-order valence-electron chi connectivity index (χ4n) is 4.85. The van der Waals surface area contributed by atoms with Crippen molar-refractivity contribution in [3.05, 3.63) is 59.7 Å². The van der Waals surface area contributed by atoms with Crippen LogP contribution >= 0.6 is 0 Å². The Balaban J connectivity index is 1.42. The maximum absolute atomic E-state index is 13.4. The molecule has 1 aliphatic carbocycles. The van der Waals surface area contributed by atoms with Crippen molar-refractivity contribution >= 4 is 17.7 Å². The first-order chi connectivity index (χ1) is 15.2. The molecule has 1 saturated carbocycles. The van der Waals surface area contributed by atoms with Crippen LogP contribution in [-0.2, 0) is 11.3 Å². The van der Waals surface area contributed by atoms with Gasteiger partial charge in [-0.3, -0.25) is 10.1 Å². The number of methoxy groups -OCH3 is 1. The lowest BCUT2D eigenvalue weighted by Crippen LogP contribution is -2.49. The smallest absolute Gasteiger partial charge is 0.411 e. The van der Waals surface area contributed by atoms with Crippen LogP contribution in [0, 0.1) is 5.92 Å². The van der Waals surface area contributed by atoms with Crippen molar-refractivity contribution in [3.8, 4) is 5.75 Å². The monoisotopic (exact) mass is 422 g/mol. The van der Waals surface area contributed by atoms with E-state index in [0.717, 1.165) is 24.9 Å². The molecule has 0 bridgehead atoms. The Kier molecular flexibility index (Phi) is 6.75. The first kappa shape index (κ1) is 21.2. The van der Waals surface area contributed by atoms with Crippen LogP contribution in [0.15, 0.2) is 48.5 Å². The first-order valence-corrected chi connectivity index (χ1v) is 11.1. The van der Waals surface area contributed by atoms with E-state index in [1.165, 1.54) is 25.7 Å². The van der Waals surface area contributed by atoms with E-state index in [2.05, 4.69) is 5.32 Å². The fourth-order valence-corrected chi connectivity index (χ4v) is 4.85. The molecule has 2 amide bonds. The number of fused-ring (bicyclic) bond motifs is 1. The number of hydrogen-bond donors (Lipinski definition) is 1. The maximum Gasteiger partial charge on any atom is 0.411 e. The second kappa shape index (κ2) is 9.86. The lowest BCUT2D eigenvalue weighted by molar-refractivity contribution is 0.0388. The number of carbonyl (C=O) groups is 2. The van der Waals surface area contributed by atoms with E-state index in [-0.39, 0.29) is 12.5 Å². The number of nitrogens with zero attached hydrogens (tertiary/aromatic N) is 1. The van der Waals surface area contributed by atoms with Gasteiger partial charge >= 0.3 is 6.09 Å². The SMILES string of the molecule is COc1cc(NC(=O)OCc2ccccc2)ccc1C(=O)N1CCCC2CCCC[C@H]21. The fraction of sp³-hybridized carbons (Fsp3) is 0.440. The maximum atomic E-state index is 13.4. The van der Waals surface area contributed by atoms with Gasteiger partial charge < -0.3 is 14.4 Å². The number of ether oxygens (including phenoxy) is 2. The van der Waals surface area contributed by atoms with Crippen molar-refractivity contribution in [1.29, 1.82) is 0 Å². The summed E-state index contributed by atoms with van der Waals surface area (Å²) in [5.74, 6) is 1.10. The highest BCUT2D eigenvalue weighted by atomic mass is 16.5. The zero-order valence-corrected chi connectivity index (χ0v) is 18.0. The summed E-state index contributed by atoms with van der Waals surface area (Å²) in [6.45, 7) is 0.993. The summed E-state index contributed by atoms with van der Waals surface area (Å²) in [5, 5.41) is 2.71. The Hall–Kier alpha value is -3.02. The number of rotatable bonds is 5. The summed E-state index contributed by atoms with van der Waals surface area (Å²) in [6, 6.07) is 15.0. The van der Waals surface area contributed by atoms with Gasteiger partial charge in [-0.15, -0.1) is 0 Å². The van der Waals surface area contributed by atoms with Crippen molar-refractivity contribution in [2.24, 2.45) is 5.92 Å². The van der Waals surface area contributed by atoms with E-state index >= 15 is 0 Å². The van der Waals surface area contributed by atoms with E-state index in [9.17, 15) is 9.59 Å². The Labute approximate surface area is 183 Å². The van der Waals surface area contributed by atoms with Crippen LogP contribution < -0.4 is 10.1 Å². The molecule has 1 N–H and O–H groups in total. The lowest BCUT2D eigenvalue weighted by atomic mass is 9.78. The van der Waals surface area contributed by atoms with Crippen LogP contribution in [0.3, 0.4) is 0 Å². The van der Waals surface area contributed by atoms with Crippen molar-refractivity contribution in [2.75, 3.05) is 19.0 Å². The van der Waals surface area contributed by atoms with Gasteiger partial charge in [0.1, 0.15) is 12.4 Å². The van der Waals surface area contributed by atoms with Crippen LogP contribution in [0.4, 0.5) is 10.5 Å². The summed E-state index contributed by atoms with van der Waals surface area (Å²) in [7, 11) is 1.54. The number of hydrogen-bond acceptors (Lipinski definition) is 4. The molecule has 1 heterocycles. The number of benzene rings is 2. The molecule has 2 fully saturated rings. The molecular weight excluding hydrogens is 392 g/mol. The predicted octanol–water partition coefficient (Wildman–Crippen LogP) is 5.24. The molecule has 31 heavy (non-hydrogen) atoms. The second-order valence-corrected chi connectivity index (χ2v) is 8.35. The molecule has 2 aromatic rings. The van der Waals surface area contributed by atoms with Crippen molar-refractivity contribution in [2.45, 2.75) is 51.2 Å².